The van der Waals surface area contributed by atoms with Crippen LogP contribution in [-0.4, -0.2) is 19.0 Å². The largest absolute Gasteiger partial charge is 0.355 e. The number of carbonyl (C=O) groups excluding carboxylic acids is 1. The van der Waals surface area contributed by atoms with Crippen LogP contribution in [0.15, 0.2) is 0 Å². The van der Waals surface area contributed by atoms with Crippen LogP contribution in [0.2, 0.25) is 0 Å². The van der Waals surface area contributed by atoms with E-state index in [0.29, 0.717) is 13.1 Å². The Bertz CT molecular complexity index is 230. The number of hydrogen-bond acceptors (Lipinski definition) is 2. The molecule has 0 spiro atoms. The topological polar surface area (TPSA) is 55.1 Å². The van der Waals surface area contributed by atoms with Gasteiger partial charge in [0.25, 0.3) is 0 Å². The molecule has 3 N–H and O–H groups in total. The summed E-state index contributed by atoms with van der Waals surface area (Å²) in [6, 6.07) is 0. The number of nitrogens with one attached hydrogen (secondary N) is 1. The fourth-order valence-corrected chi connectivity index (χ4v) is 2.26. The quantitative estimate of drug-likeness (QED) is 0.793. The van der Waals surface area contributed by atoms with E-state index < -0.39 is 0 Å². The molecule has 0 radical (unpaired) electrons. The lowest BCUT2D eigenvalue weighted by Crippen LogP contribution is -2.41. The fraction of sp³-hybridized carbons (Fsp3) is 0.929. The number of hydrogen-bond donors (Lipinski definition) is 2. The zero-order chi connectivity index (χ0) is 12.7. The lowest BCUT2D eigenvalue weighted by molar-refractivity contribution is -0.126. The number of nitrogens with two attached hydrogens (primary N) is 1. The third kappa shape index (κ3) is 5.53. The van der Waals surface area contributed by atoms with Crippen molar-refractivity contribution >= 4 is 5.91 Å². The molecular formula is C14H28N2O. The van der Waals surface area contributed by atoms with Crippen molar-refractivity contribution in [2.75, 3.05) is 13.1 Å². The maximum atomic E-state index is 12.1. The Morgan fingerprint density at radius 1 is 1.18 bits per heavy atom. The first-order valence-electron chi connectivity index (χ1n) is 7.03. The Kier molecular flexibility index (Phi) is 5.96. The van der Waals surface area contributed by atoms with Gasteiger partial charge in [-0.1, -0.05) is 46.0 Å². The van der Waals surface area contributed by atoms with Gasteiger partial charge in [0.05, 0.1) is 0 Å². The summed E-state index contributed by atoms with van der Waals surface area (Å²) in [5.74, 6) is 0.484. The molecule has 3 heteroatoms. The molecule has 0 heterocycles. The molecule has 1 rings (SSSR count). The van der Waals surface area contributed by atoms with Gasteiger partial charge in [-0.25, -0.2) is 0 Å². The molecule has 0 unspecified atom stereocenters. The van der Waals surface area contributed by atoms with Crippen molar-refractivity contribution in [2.45, 2.75) is 58.8 Å². The highest BCUT2D eigenvalue weighted by Crippen LogP contribution is 2.22. The minimum absolute atomic E-state index is 0.0112. The van der Waals surface area contributed by atoms with Gasteiger partial charge < -0.3 is 11.1 Å². The summed E-state index contributed by atoms with van der Waals surface area (Å²) in [4.78, 5) is 12.1. The molecule has 0 aromatic heterocycles. The Morgan fingerprint density at radius 2 is 1.71 bits per heavy atom. The van der Waals surface area contributed by atoms with Gasteiger partial charge in [0.2, 0.25) is 5.91 Å². The molecule has 1 aliphatic rings. The monoisotopic (exact) mass is 240 g/mol. The van der Waals surface area contributed by atoms with Crippen molar-refractivity contribution in [2.24, 2.45) is 17.1 Å². The Hall–Kier alpha value is -0.570. The summed E-state index contributed by atoms with van der Waals surface area (Å²) in [6.07, 6.45) is 8.46. The molecule has 0 bridgehead atoms. The maximum Gasteiger partial charge on any atom is 0.223 e. The molecule has 1 saturated carbocycles. The summed E-state index contributed by atoms with van der Waals surface area (Å²) in [5.41, 5.74) is 5.68. The summed E-state index contributed by atoms with van der Waals surface area (Å²) < 4.78 is 0. The Labute approximate surface area is 106 Å². The van der Waals surface area contributed by atoms with Crippen molar-refractivity contribution in [3.8, 4) is 0 Å². The standard InChI is InChI=1S/C14H28N2O/c1-14(2,10-15)11-16-13(17)12-8-6-4-3-5-7-9-12/h12H,3-11,15H2,1-2H3,(H,16,17). The lowest BCUT2D eigenvalue weighted by atomic mass is 9.89. The van der Waals surface area contributed by atoms with Gasteiger partial charge in [0.15, 0.2) is 0 Å². The molecule has 1 fully saturated rings. The molecule has 1 aliphatic carbocycles. The third-order valence-electron chi connectivity index (χ3n) is 3.77. The predicted molar refractivity (Wildman–Crippen MR) is 71.7 cm³/mol. The molecule has 0 saturated heterocycles. The van der Waals surface area contributed by atoms with E-state index in [0.717, 1.165) is 12.8 Å². The molecule has 0 aromatic rings. The minimum atomic E-state index is 0.0112. The van der Waals surface area contributed by atoms with Crippen LogP contribution in [0, 0.1) is 11.3 Å². The SMILES string of the molecule is CC(C)(CN)CNC(=O)C1CCCCCCC1. The highest BCUT2D eigenvalue weighted by Gasteiger charge is 2.22. The molecule has 100 valence electrons. The molecule has 17 heavy (non-hydrogen) atoms. The number of carbonyl (C=O) groups is 1. The van der Waals surface area contributed by atoms with Gasteiger partial charge in [-0.05, 0) is 24.8 Å². The van der Waals surface area contributed by atoms with Crippen LogP contribution in [0.4, 0.5) is 0 Å². The molecule has 0 aromatic carbocycles. The molecule has 0 aliphatic heterocycles. The molecule has 0 atom stereocenters. The second-order valence-electron chi connectivity index (χ2n) is 6.13. The van der Waals surface area contributed by atoms with E-state index in [9.17, 15) is 4.79 Å². The van der Waals surface area contributed by atoms with Gasteiger partial charge in [0.1, 0.15) is 0 Å². The third-order valence-corrected chi connectivity index (χ3v) is 3.77. The van der Waals surface area contributed by atoms with Gasteiger partial charge in [-0.2, -0.15) is 0 Å². The van der Waals surface area contributed by atoms with Crippen LogP contribution >= 0.6 is 0 Å². The van der Waals surface area contributed by atoms with E-state index in [4.69, 9.17) is 5.73 Å². The van der Waals surface area contributed by atoms with Gasteiger partial charge in [0, 0.05) is 12.5 Å². The van der Waals surface area contributed by atoms with Crippen molar-refractivity contribution in [1.82, 2.24) is 5.32 Å². The number of amides is 1. The summed E-state index contributed by atoms with van der Waals surface area (Å²) in [7, 11) is 0. The number of rotatable bonds is 4. The Balaban J connectivity index is 2.34. The van der Waals surface area contributed by atoms with E-state index in [2.05, 4.69) is 19.2 Å². The average molecular weight is 240 g/mol. The van der Waals surface area contributed by atoms with E-state index in [-0.39, 0.29) is 17.2 Å². The zero-order valence-electron chi connectivity index (χ0n) is 11.4. The Morgan fingerprint density at radius 3 is 2.24 bits per heavy atom. The summed E-state index contributed by atoms with van der Waals surface area (Å²) in [6.45, 7) is 5.48. The van der Waals surface area contributed by atoms with Crippen LogP contribution in [0.1, 0.15) is 58.8 Å². The molecular weight excluding hydrogens is 212 g/mol. The van der Waals surface area contributed by atoms with Gasteiger partial charge >= 0.3 is 0 Å². The van der Waals surface area contributed by atoms with Gasteiger partial charge in [-0.15, -0.1) is 0 Å². The van der Waals surface area contributed by atoms with E-state index in [1.54, 1.807) is 0 Å². The van der Waals surface area contributed by atoms with Crippen LogP contribution < -0.4 is 11.1 Å². The second-order valence-corrected chi connectivity index (χ2v) is 6.13. The van der Waals surface area contributed by atoms with Crippen LogP contribution in [-0.2, 0) is 4.79 Å². The minimum Gasteiger partial charge on any atom is -0.355 e. The van der Waals surface area contributed by atoms with E-state index in [1.807, 2.05) is 0 Å². The van der Waals surface area contributed by atoms with Crippen molar-refractivity contribution < 1.29 is 4.79 Å². The smallest absolute Gasteiger partial charge is 0.223 e. The van der Waals surface area contributed by atoms with Crippen LogP contribution in [0.25, 0.3) is 0 Å². The van der Waals surface area contributed by atoms with Crippen molar-refractivity contribution in [1.29, 1.82) is 0 Å². The van der Waals surface area contributed by atoms with Crippen LogP contribution in [0.5, 0.6) is 0 Å². The fourth-order valence-electron chi connectivity index (χ4n) is 2.26. The average Bonchev–Trinajstić information content (AvgIpc) is 2.26. The normalized spacial score (nSPS) is 19.5. The van der Waals surface area contributed by atoms with E-state index in [1.165, 1.54) is 32.1 Å². The van der Waals surface area contributed by atoms with Crippen molar-refractivity contribution in [3.63, 3.8) is 0 Å². The second kappa shape index (κ2) is 7.00. The first-order chi connectivity index (χ1) is 8.05. The maximum absolute atomic E-state index is 12.1. The molecule has 3 nitrogen and oxygen atoms in total. The first kappa shape index (κ1) is 14.5. The van der Waals surface area contributed by atoms with Crippen molar-refractivity contribution in [3.05, 3.63) is 0 Å². The highest BCUT2D eigenvalue weighted by molar-refractivity contribution is 5.78. The summed E-state index contributed by atoms with van der Waals surface area (Å²) in [5, 5.41) is 3.07. The first-order valence-corrected chi connectivity index (χ1v) is 7.03. The van der Waals surface area contributed by atoms with Crippen LogP contribution in [0.3, 0.4) is 0 Å². The zero-order valence-corrected chi connectivity index (χ0v) is 11.4. The summed E-state index contributed by atoms with van der Waals surface area (Å²) >= 11 is 0. The highest BCUT2D eigenvalue weighted by atomic mass is 16.1. The lowest BCUT2D eigenvalue weighted by Gasteiger charge is -2.25. The van der Waals surface area contributed by atoms with Gasteiger partial charge in [-0.3, -0.25) is 4.79 Å². The predicted octanol–water partition coefficient (Wildman–Crippen LogP) is 2.45. The van der Waals surface area contributed by atoms with E-state index >= 15 is 0 Å². The molecule has 1 amide bonds.